The van der Waals surface area contributed by atoms with E-state index in [2.05, 4.69) is 48.2 Å². The summed E-state index contributed by atoms with van der Waals surface area (Å²) >= 11 is 0. The first-order valence-electron chi connectivity index (χ1n) is 13.1. The summed E-state index contributed by atoms with van der Waals surface area (Å²) < 4.78 is 10.8. The lowest BCUT2D eigenvalue weighted by Crippen LogP contribution is -2.58. The summed E-state index contributed by atoms with van der Waals surface area (Å²) in [6, 6.07) is 5.18. The van der Waals surface area contributed by atoms with Crippen LogP contribution in [-0.2, 0) is 9.59 Å². The van der Waals surface area contributed by atoms with Gasteiger partial charge in [-0.25, -0.2) is 4.98 Å². The van der Waals surface area contributed by atoms with Crippen molar-refractivity contribution in [1.29, 1.82) is 0 Å². The first-order valence-corrected chi connectivity index (χ1v) is 13.1. The quantitative estimate of drug-likeness (QED) is 0.426. The fourth-order valence-corrected chi connectivity index (χ4v) is 5.68. The van der Waals surface area contributed by atoms with Gasteiger partial charge in [0.1, 0.15) is 5.75 Å². The maximum Gasteiger partial charge on any atom is 0.270 e. The number of aromatic nitrogens is 1. The monoisotopic (exact) mass is 527 g/mol. The molecule has 0 bridgehead atoms. The van der Waals surface area contributed by atoms with Gasteiger partial charge in [0, 0.05) is 55.9 Å². The van der Waals surface area contributed by atoms with Crippen LogP contribution in [0.4, 0.5) is 5.69 Å². The summed E-state index contributed by atoms with van der Waals surface area (Å²) in [4.78, 5) is 34.0. The van der Waals surface area contributed by atoms with E-state index in [1.165, 1.54) is 13.5 Å². The Morgan fingerprint density at radius 3 is 2.39 bits per heavy atom. The third-order valence-electron chi connectivity index (χ3n) is 8.48. The molecule has 2 aromatic rings. The highest BCUT2D eigenvalue weighted by Crippen LogP contribution is 2.68. The summed E-state index contributed by atoms with van der Waals surface area (Å²) in [6.45, 7) is 16.0. The fourth-order valence-electron chi connectivity index (χ4n) is 5.68. The number of rotatable bonds is 9. The Hall–Kier alpha value is -3.11. The molecule has 1 aliphatic heterocycles. The number of methoxy groups -OCH3 is 1. The number of ether oxygens (including phenoxy) is 1. The molecule has 1 aromatic carbocycles. The van der Waals surface area contributed by atoms with Crippen LogP contribution < -0.4 is 15.4 Å². The molecule has 2 amide bonds. The normalized spacial score (nSPS) is 20.1. The number of nitrogens with zero attached hydrogens (tertiary/aromatic N) is 3. The number of aliphatic hydroxyl groups is 1. The number of aliphatic hydroxyl groups excluding tert-OH is 1. The van der Waals surface area contributed by atoms with Crippen LogP contribution in [0.25, 0.3) is 11.3 Å². The number of amides is 2. The van der Waals surface area contributed by atoms with Crippen molar-refractivity contribution in [3.8, 4) is 17.1 Å². The Kier molecular flexibility index (Phi) is 7.51. The molecule has 2 heterocycles. The molecule has 3 N–H and O–H groups in total. The van der Waals surface area contributed by atoms with Gasteiger partial charge in [0.25, 0.3) is 5.91 Å². The van der Waals surface area contributed by atoms with Crippen molar-refractivity contribution in [2.24, 2.45) is 16.7 Å². The maximum absolute atomic E-state index is 13.1. The Labute approximate surface area is 224 Å². The average molecular weight is 528 g/mol. The molecule has 208 valence electrons. The van der Waals surface area contributed by atoms with Gasteiger partial charge >= 0.3 is 0 Å². The highest BCUT2D eigenvalue weighted by molar-refractivity contribution is 5.85. The Balaban J connectivity index is 1.27. The molecule has 1 saturated carbocycles. The van der Waals surface area contributed by atoms with E-state index < -0.39 is 17.7 Å². The molecule has 1 aromatic heterocycles. The van der Waals surface area contributed by atoms with E-state index in [0.29, 0.717) is 42.4 Å². The largest absolute Gasteiger partial charge is 0.496 e. The zero-order chi connectivity index (χ0) is 27.9. The first-order chi connectivity index (χ1) is 17.8. The van der Waals surface area contributed by atoms with Crippen molar-refractivity contribution in [3.05, 3.63) is 30.8 Å². The van der Waals surface area contributed by atoms with Crippen molar-refractivity contribution in [2.75, 3.05) is 45.2 Å². The van der Waals surface area contributed by atoms with Gasteiger partial charge in [-0.1, -0.05) is 27.7 Å². The van der Waals surface area contributed by atoms with Gasteiger partial charge in [-0.3, -0.25) is 14.5 Å². The van der Waals surface area contributed by atoms with Gasteiger partial charge in [-0.05, 0) is 36.8 Å². The van der Waals surface area contributed by atoms with E-state index in [1.54, 1.807) is 24.4 Å². The molecule has 2 aliphatic rings. The second-order valence-corrected chi connectivity index (χ2v) is 12.2. The van der Waals surface area contributed by atoms with E-state index in [1.807, 2.05) is 18.7 Å². The van der Waals surface area contributed by atoms with Gasteiger partial charge in [-0.15, -0.1) is 0 Å². The van der Waals surface area contributed by atoms with E-state index in [-0.39, 0.29) is 22.7 Å². The molecule has 0 radical (unpaired) electrons. The van der Waals surface area contributed by atoms with Crippen LogP contribution in [-0.4, -0.2) is 83.3 Å². The van der Waals surface area contributed by atoms with Crippen LogP contribution in [0.1, 0.15) is 41.5 Å². The lowest BCUT2D eigenvalue weighted by atomic mass is 10.0. The topological polar surface area (TPSA) is 120 Å². The van der Waals surface area contributed by atoms with Crippen molar-refractivity contribution in [1.82, 2.24) is 20.1 Å². The summed E-state index contributed by atoms with van der Waals surface area (Å²) in [5, 5.41) is 16.3. The Morgan fingerprint density at radius 1 is 1.18 bits per heavy atom. The second-order valence-electron chi connectivity index (χ2n) is 12.2. The van der Waals surface area contributed by atoms with E-state index >= 15 is 0 Å². The Morgan fingerprint density at radius 2 is 1.84 bits per heavy atom. The Bertz CT molecular complexity index is 1140. The number of piperazine rings is 1. The minimum atomic E-state index is -1.45. The van der Waals surface area contributed by atoms with Gasteiger partial charge in [0.2, 0.25) is 12.1 Å². The predicted molar refractivity (Wildman–Crippen MR) is 144 cm³/mol. The minimum Gasteiger partial charge on any atom is -0.496 e. The smallest absolute Gasteiger partial charge is 0.270 e. The summed E-state index contributed by atoms with van der Waals surface area (Å²) in [5.74, 6) is 0.877. The summed E-state index contributed by atoms with van der Waals surface area (Å²) in [7, 11) is 1.54. The average Bonchev–Trinajstić information content (AvgIpc) is 3.20. The van der Waals surface area contributed by atoms with E-state index in [4.69, 9.17) is 9.15 Å². The van der Waals surface area contributed by atoms with Crippen LogP contribution in [0.2, 0.25) is 0 Å². The third kappa shape index (κ3) is 5.51. The molecule has 10 heteroatoms. The van der Waals surface area contributed by atoms with E-state index in [9.17, 15) is 14.7 Å². The number of hydrogen-bond donors (Lipinski definition) is 3. The van der Waals surface area contributed by atoms with Crippen molar-refractivity contribution < 1.29 is 23.8 Å². The SMILES string of the molecule is COc1cc(NC(O)C(=O)NC(C)(C)CN2CCN(C(=O)C3C(C)(C)C3(C)C)CC2)ccc1-c1cnco1. The fraction of sp³-hybridized carbons (Fsp3) is 0.607. The zero-order valence-corrected chi connectivity index (χ0v) is 23.5. The van der Waals surface area contributed by atoms with Crippen LogP contribution in [0.3, 0.4) is 0 Å². The number of anilines is 1. The third-order valence-corrected chi connectivity index (χ3v) is 8.48. The van der Waals surface area contributed by atoms with Gasteiger partial charge in [-0.2, -0.15) is 0 Å². The second kappa shape index (κ2) is 10.2. The molecule has 38 heavy (non-hydrogen) atoms. The van der Waals surface area contributed by atoms with Gasteiger partial charge < -0.3 is 29.8 Å². The van der Waals surface area contributed by atoms with E-state index in [0.717, 1.165) is 13.1 Å². The predicted octanol–water partition coefficient (Wildman–Crippen LogP) is 2.80. The summed E-state index contributed by atoms with van der Waals surface area (Å²) in [6.07, 6.45) is 1.47. The minimum absolute atomic E-state index is 0.0342. The highest BCUT2D eigenvalue weighted by Gasteiger charge is 2.68. The van der Waals surface area contributed by atoms with Crippen LogP contribution >= 0.6 is 0 Å². The van der Waals surface area contributed by atoms with Crippen LogP contribution in [0.15, 0.2) is 35.2 Å². The number of carbonyl (C=O) groups is 2. The molecule has 4 rings (SSSR count). The molecule has 1 aliphatic carbocycles. The number of oxazole rings is 1. The lowest BCUT2D eigenvalue weighted by Gasteiger charge is -2.39. The molecule has 0 spiro atoms. The maximum atomic E-state index is 13.1. The first kappa shape index (κ1) is 27.9. The molecule has 1 atom stereocenters. The van der Waals surface area contributed by atoms with Crippen molar-refractivity contribution in [3.63, 3.8) is 0 Å². The number of benzene rings is 1. The zero-order valence-electron chi connectivity index (χ0n) is 23.5. The number of nitrogens with one attached hydrogen (secondary N) is 2. The summed E-state index contributed by atoms with van der Waals surface area (Å²) in [5.41, 5.74) is 0.717. The molecule has 1 unspecified atom stereocenters. The number of hydrogen-bond acceptors (Lipinski definition) is 8. The van der Waals surface area contributed by atoms with Crippen molar-refractivity contribution in [2.45, 2.75) is 53.3 Å². The van der Waals surface area contributed by atoms with Crippen molar-refractivity contribution >= 4 is 17.5 Å². The number of carbonyl (C=O) groups excluding carboxylic acids is 2. The van der Waals surface area contributed by atoms with Crippen LogP contribution in [0.5, 0.6) is 5.75 Å². The molecular formula is C28H41N5O5. The highest BCUT2D eigenvalue weighted by atomic mass is 16.5. The van der Waals surface area contributed by atoms with Gasteiger partial charge in [0.05, 0.1) is 18.9 Å². The molecule has 10 nitrogen and oxygen atoms in total. The van der Waals surface area contributed by atoms with Crippen LogP contribution in [0, 0.1) is 16.7 Å². The standard InChI is InChI=1S/C28H41N5O5/c1-26(2,16-32-10-12-33(13-11-32)25(36)22-27(3,4)28(22,5)6)31-24(35)23(34)30-18-8-9-19(20(14-18)37-7)21-15-29-17-38-21/h8-9,14-15,17,22-23,30,34H,10-13,16H2,1-7H3,(H,31,35). The molecular weight excluding hydrogens is 486 g/mol. The van der Waals surface area contributed by atoms with Gasteiger partial charge in [0.15, 0.2) is 12.2 Å². The molecule has 2 fully saturated rings. The lowest BCUT2D eigenvalue weighted by molar-refractivity contribution is -0.135. The molecule has 1 saturated heterocycles.